The highest BCUT2D eigenvalue weighted by Crippen LogP contribution is 2.36. The van der Waals surface area contributed by atoms with Gasteiger partial charge in [0.2, 0.25) is 0 Å². The van der Waals surface area contributed by atoms with E-state index < -0.39 is 12.7 Å². The van der Waals surface area contributed by atoms with Gasteiger partial charge in [0.15, 0.2) is 0 Å². The standard InChI is InChI=1S/C26H34F3N5O/c1-6-16-8-7-9-17(11-16)31-24-34-33-23(35-24)21-10-15(2)19-12-18(30-14-26(27,28)29)13-20(22(19)32-21)25(3,4)5/h10,12-13,16-17,30H,6-9,11,14H2,1-5H3,(H,31,34). The molecular weight excluding hydrogens is 455 g/mol. The van der Waals surface area contributed by atoms with Crippen molar-refractivity contribution in [3.8, 4) is 11.6 Å². The quantitative estimate of drug-likeness (QED) is 0.380. The molecule has 1 aliphatic carbocycles. The van der Waals surface area contributed by atoms with E-state index in [-0.39, 0.29) is 5.41 Å². The first kappa shape index (κ1) is 25.3. The van der Waals surface area contributed by atoms with Crippen LogP contribution >= 0.6 is 0 Å². The maximum absolute atomic E-state index is 12.8. The third-order valence-corrected chi connectivity index (χ3v) is 6.75. The first-order valence-corrected chi connectivity index (χ1v) is 12.3. The largest absolute Gasteiger partial charge is 0.405 e. The summed E-state index contributed by atoms with van der Waals surface area (Å²) in [6.45, 7) is 9.09. The van der Waals surface area contributed by atoms with Gasteiger partial charge < -0.3 is 15.1 Å². The molecule has 1 aromatic carbocycles. The fraction of sp³-hybridized carbons (Fsp3) is 0.577. The molecule has 2 aromatic heterocycles. The van der Waals surface area contributed by atoms with Gasteiger partial charge in [0.25, 0.3) is 5.89 Å². The molecule has 9 heteroatoms. The third kappa shape index (κ3) is 6.05. The van der Waals surface area contributed by atoms with Gasteiger partial charge in [-0.15, -0.1) is 5.10 Å². The molecule has 0 spiro atoms. The Morgan fingerprint density at radius 1 is 1.09 bits per heavy atom. The Bertz CT molecular complexity index is 1180. The van der Waals surface area contributed by atoms with Crippen molar-refractivity contribution in [1.29, 1.82) is 0 Å². The number of hydrogen-bond donors (Lipinski definition) is 2. The van der Waals surface area contributed by atoms with Gasteiger partial charge in [-0.1, -0.05) is 52.1 Å². The zero-order valence-corrected chi connectivity index (χ0v) is 21.0. The van der Waals surface area contributed by atoms with Crippen molar-refractivity contribution in [2.24, 2.45) is 5.92 Å². The van der Waals surface area contributed by atoms with Crippen molar-refractivity contribution in [3.63, 3.8) is 0 Å². The van der Waals surface area contributed by atoms with E-state index in [0.29, 0.717) is 29.3 Å². The van der Waals surface area contributed by atoms with E-state index in [0.717, 1.165) is 40.8 Å². The first-order chi connectivity index (χ1) is 16.4. The lowest BCUT2D eigenvalue weighted by molar-refractivity contribution is -0.115. The Balaban J connectivity index is 1.66. The number of alkyl halides is 3. The van der Waals surface area contributed by atoms with E-state index in [2.05, 4.69) is 27.8 Å². The summed E-state index contributed by atoms with van der Waals surface area (Å²) in [5, 5.41) is 15.1. The highest BCUT2D eigenvalue weighted by atomic mass is 19.4. The molecule has 4 rings (SSSR count). The van der Waals surface area contributed by atoms with E-state index >= 15 is 0 Å². The number of aryl methyl sites for hydroxylation is 1. The molecule has 0 amide bonds. The van der Waals surface area contributed by atoms with Gasteiger partial charge in [0.1, 0.15) is 12.2 Å². The average molecular weight is 490 g/mol. The Morgan fingerprint density at radius 2 is 1.86 bits per heavy atom. The molecule has 2 unspecified atom stereocenters. The summed E-state index contributed by atoms with van der Waals surface area (Å²) in [5.41, 5.74) is 3.06. The molecule has 0 radical (unpaired) electrons. The number of rotatable bonds is 6. The van der Waals surface area contributed by atoms with Crippen molar-refractivity contribution in [1.82, 2.24) is 15.2 Å². The van der Waals surface area contributed by atoms with Crippen molar-refractivity contribution in [3.05, 3.63) is 29.3 Å². The Labute approximate surface area is 204 Å². The van der Waals surface area contributed by atoms with Crippen LogP contribution in [0.3, 0.4) is 0 Å². The molecule has 0 aliphatic heterocycles. The van der Waals surface area contributed by atoms with Crippen LogP contribution in [0.5, 0.6) is 0 Å². The fourth-order valence-electron chi connectivity index (χ4n) is 4.83. The van der Waals surface area contributed by atoms with Crippen LogP contribution in [0.25, 0.3) is 22.5 Å². The average Bonchev–Trinajstić information content (AvgIpc) is 3.25. The lowest BCUT2D eigenvalue weighted by Crippen LogP contribution is -2.27. The molecule has 35 heavy (non-hydrogen) atoms. The van der Waals surface area contributed by atoms with Crippen LogP contribution in [0, 0.1) is 12.8 Å². The molecular formula is C26H34F3N5O. The van der Waals surface area contributed by atoms with Crippen LogP contribution in [0.2, 0.25) is 0 Å². The fourth-order valence-corrected chi connectivity index (χ4v) is 4.83. The summed E-state index contributed by atoms with van der Waals surface area (Å²) in [6, 6.07) is 6.02. The van der Waals surface area contributed by atoms with Crippen LogP contribution < -0.4 is 10.6 Å². The summed E-state index contributed by atoms with van der Waals surface area (Å²) in [6.07, 6.45) is 1.53. The highest BCUT2D eigenvalue weighted by molar-refractivity contribution is 5.90. The monoisotopic (exact) mass is 489 g/mol. The minimum Gasteiger partial charge on any atom is -0.402 e. The molecule has 1 aliphatic rings. The van der Waals surface area contributed by atoms with Gasteiger partial charge in [-0.3, -0.25) is 0 Å². The minimum absolute atomic E-state index is 0.319. The van der Waals surface area contributed by atoms with Gasteiger partial charge in [-0.25, -0.2) is 4.98 Å². The lowest BCUT2D eigenvalue weighted by Gasteiger charge is -2.28. The van der Waals surface area contributed by atoms with E-state index in [1.165, 1.54) is 19.3 Å². The minimum atomic E-state index is -4.30. The number of nitrogens with one attached hydrogen (secondary N) is 2. The van der Waals surface area contributed by atoms with E-state index in [1.54, 1.807) is 12.1 Å². The molecule has 2 atom stereocenters. The first-order valence-electron chi connectivity index (χ1n) is 12.3. The highest BCUT2D eigenvalue weighted by Gasteiger charge is 2.28. The topological polar surface area (TPSA) is 75.9 Å². The lowest BCUT2D eigenvalue weighted by atomic mass is 9.84. The molecule has 190 valence electrons. The second-order valence-electron chi connectivity index (χ2n) is 10.7. The van der Waals surface area contributed by atoms with Crippen LogP contribution in [0.15, 0.2) is 22.6 Å². The summed E-state index contributed by atoms with van der Waals surface area (Å²) < 4.78 is 44.3. The van der Waals surface area contributed by atoms with Crippen molar-refractivity contribution < 1.29 is 17.6 Å². The van der Waals surface area contributed by atoms with Crippen LogP contribution in [0.1, 0.15) is 70.9 Å². The summed E-state index contributed by atoms with van der Waals surface area (Å²) in [4.78, 5) is 4.83. The predicted octanol–water partition coefficient (Wildman–Crippen LogP) is 7.25. The molecule has 2 N–H and O–H groups in total. The zero-order chi connectivity index (χ0) is 25.4. The second kappa shape index (κ2) is 9.66. The second-order valence-corrected chi connectivity index (χ2v) is 10.7. The van der Waals surface area contributed by atoms with Crippen molar-refractivity contribution in [2.45, 2.75) is 84.4 Å². The Morgan fingerprint density at radius 3 is 2.54 bits per heavy atom. The SMILES string of the molecule is CCC1CCCC(Nc2nnc(-c3cc(C)c4cc(NCC(F)(F)F)cc(C(C)(C)C)c4n3)o2)C1. The maximum Gasteiger partial charge on any atom is 0.405 e. The molecule has 3 aromatic rings. The summed E-state index contributed by atoms with van der Waals surface area (Å²) in [5.74, 6) is 1.04. The Kier molecular flexibility index (Phi) is 6.97. The van der Waals surface area contributed by atoms with Gasteiger partial charge in [0.05, 0.1) is 5.52 Å². The molecule has 0 bridgehead atoms. The number of pyridine rings is 1. The van der Waals surface area contributed by atoms with E-state index in [9.17, 15) is 13.2 Å². The number of benzene rings is 1. The van der Waals surface area contributed by atoms with Crippen molar-refractivity contribution >= 4 is 22.6 Å². The van der Waals surface area contributed by atoms with Crippen LogP contribution in [-0.2, 0) is 5.41 Å². The smallest absolute Gasteiger partial charge is 0.402 e. The number of fused-ring (bicyclic) bond motifs is 1. The van der Waals surface area contributed by atoms with Crippen LogP contribution in [-0.4, -0.2) is 33.9 Å². The summed E-state index contributed by atoms with van der Waals surface area (Å²) in [7, 11) is 0. The molecule has 0 saturated heterocycles. The number of anilines is 2. The number of hydrogen-bond acceptors (Lipinski definition) is 6. The van der Waals surface area contributed by atoms with Gasteiger partial charge in [0, 0.05) is 17.1 Å². The molecule has 1 fully saturated rings. The number of halogens is 3. The molecule has 1 saturated carbocycles. The van der Waals surface area contributed by atoms with Gasteiger partial charge in [-0.05, 0) is 60.4 Å². The molecule has 6 nitrogen and oxygen atoms in total. The van der Waals surface area contributed by atoms with Gasteiger partial charge in [-0.2, -0.15) is 13.2 Å². The van der Waals surface area contributed by atoms with E-state index in [4.69, 9.17) is 9.40 Å². The summed E-state index contributed by atoms with van der Waals surface area (Å²) >= 11 is 0. The number of aromatic nitrogens is 3. The maximum atomic E-state index is 12.8. The zero-order valence-electron chi connectivity index (χ0n) is 21.0. The number of nitrogens with zero attached hydrogens (tertiary/aromatic N) is 3. The van der Waals surface area contributed by atoms with Crippen LogP contribution in [0.4, 0.5) is 24.9 Å². The van der Waals surface area contributed by atoms with Crippen molar-refractivity contribution in [2.75, 3.05) is 17.2 Å². The predicted molar refractivity (Wildman–Crippen MR) is 133 cm³/mol. The van der Waals surface area contributed by atoms with Gasteiger partial charge >= 0.3 is 12.2 Å². The molecule has 2 heterocycles. The normalized spacial score (nSPS) is 19.2. The van der Waals surface area contributed by atoms with E-state index in [1.807, 2.05) is 33.8 Å². The Hall–Kier alpha value is -2.84. The third-order valence-electron chi connectivity index (χ3n) is 6.75.